The van der Waals surface area contributed by atoms with Gasteiger partial charge in [0.2, 0.25) is 0 Å². The number of alkyl halides is 3. The van der Waals surface area contributed by atoms with Gasteiger partial charge in [-0.1, -0.05) is 48.5 Å². The van der Waals surface area contributed by atoms with Gasteiger partial charge in [-0.25, -0.2) is 0 Å². The Hall–Kier alpha value is -2.80. The Morgan fingerprint density at radius 1 is 1.06 bits per heavy atom. The van der Waals surface area contributed by atoms with Crippen LogP contribution in [-0.2, 0) is 6.54 Å². The van der Waals surface area contributed by atoms with Gasteiger partial charge < -0.3 is 15.2 Å². The molecule has 4 rings (SSSR count). The van der Waals surface area contributed by atoms with Crippen LogP contribution in [0.1, 0.15) is 41.7 Å². The first-order chi connectivity index (χ1) is 14.9. The third-order valence-corrected chi connectivity index (χ3v) is 5.90. The number of rotatable bonds is 6. The third kappa shape index (κ3) is 5.47. The number of halogens is 3. The van der Waals surface area contributed by atoms with Gasteiger partial charge in [-0.15, -0.1) is 0 Å². The van der Waals surface area contributed by atoms with E-state index in [0.29, 0.717) is 19.4 Å². The number of aromatic amines is 1. The Morgan fingerprint density at radius 3 is 2.55 bits per heavy atom. The maximum absolute atomic E-state index is 13.4. The van der Waals surface area contributed by atoms with Gasteiger partial charge in [0.05, 0.1) is 0 Å². The van der Waals surface area contributed by atoms with E-state index in [2.05, 4.69) is 10.3 Å². The second-order valence-corrected chi connectivity index (χ2v) is 8.20. The van der Waals surface area contributed by atoms with Crippen molar-refractivity contribution in [1.82, 2.24) is 15.2 Å². The van der Waals surface area contributed by atoms with E-state index < -0.39 is 24.7 Å². The van der Waals surface area contributed by atoms with Crippen LogP contribution in [-0.4, -0.2) is 40.6 Å². The lowest BCUT2D eigenvalue weighted by molar-refractivity contribution is -0.146. The number of carbonyl (C=O) groups is 1. The van der Waals surface area contributed by atoms with Gasteiger partial charge in [-0.05, 0) is 43.4 Å². The second kappa shape index (κ2) is 9.14. The molecule has 1 unspecified atom stereocenters. The maximum atomic E-state index is 13.4. The average Bonchev–Trinajstić information content (AvgIpc) is 3.20. The van der Waals surface area contributed by atoms with Crippen molar-refractivity contribution in [3.63, 3.8) is 0 Å². The van der Waals surface area contributed by atoms with Crippen LogP contribution in [0.25, 0.3) is 10.9 Å². The predicted molar refractivity (Wildman–Crippen MR) is 115 cm³/mol. The number of carbonyl (C=O) groups excluding carboxylic acids is 1. The third-order valence-electron chi connectivity index (χ3n) is 5.90. The summed E-state index contributed by atoms with van der Waals surface area (Å²) in [5.74, 6) is -0.595. The van der Waals surface area contributed by atoms with E-state index in [1.165, 1.54) is 0 Å². The smallest absolute Gasteiger partial charge is 0.351 e. The molecular formula is C24H26F3N3O. The van der Waals surface area contributed by atoms with Gasteiger partial charge >= 0.3 is 6.18 Å². The van der Waals surface area contributed by atoms with Crippen LogP contribution in [0.15, 0.2) is 60.7 Å². The van der Waals surface area contributed by atoms with Crippen molar-refractivity contribution in [2.24, 2.45) is 0 Å². The lowest BCUT2D eigenvalue weighted by Crippen LogP contribution is -2.50. The van der Waals surface area contributed by atoms with Gasteiger partial charge in [0.1, 0.15) is 12.2 Å². The quantitative estimate of drug-likeness (QED) is 0.561. The van der Waals surface area contributed by atoms with Crippen molar-refractivity contribution in [2.45, 2.75) is 50.5 Å². The van der Waals surface area contributed by atoms with Crippen LogP contribution >= 0.6 is 0 Å². The van der Waals surface area contributed by atoms with Crippen LogP contribution in [0.4, 0.5) is 13.2 Å². The minimum absolute atomic E-state index is 0.0743. The molecule has 31 heavy (non-hydrogen) atoms. The molecule has 1 aliphatic carbocycles. The van der Waals surface area contributed by atoms with Crippen molar-refractivity contribution >= 4 is 16.8 Å². The van der Waals surface area contributed by atoms with Gasteiger partial charge in [0.25, 0.3) is 5.91 Å². The lowest BCUT2D eigenvalue weighted by Gasteiger charge is -2.38. The van der Waals surface area contributed by atoms with E-state index in [1.807, 2.05) is 54.6 Å². The molecular weight excluding hydrogens is 403 g/mol. The molecule has 4 nitrogen and oxygen atoms in total. The van der Waals surface area contributed by atoms with Crippen molar-refractivity contribution < 1.29 is 18.0 Å². The first kappa shape index (κ1) is 21.4. The van der Waals surface area contributed by atoms with Gasteiger partial charge in [0.15, 0.2) is 0 Å². The molecule has 1 saturated carbocycles. The van der Waals surface area contributed by atoms with E-state index in [4.69, 9.17) is 0 Å². The molecule has 1 aromatic heterocycles. The molecule has 3 aromatic rings. The van der Waals surface area contributed by atoms with Crippen molar-refractivity contribution in [3.8, 4) is 0 Å². The molecule has 2 aromatic carbocycles. The van der Waals surface area contributed by atoms with Crippen LogP contribution in [0, 0.1) is 0 Å². The Bertz CT molecular complexity index is 983. The Labute approximate surface area is 179 Å². The van der Waals surface area contributed by atoms with Gasteiger partial charge in [-0.2, -0.15) is 13.2 Å². The summed E-state index contributed by atoms with van der Waals surface area (Å²) in [5.41, 5.74) is 2.07. The molecule has 0 radical (unpaired) electrons. The first-order valence-corrected chi connectivity index (χ1v) is 10.6. The molecule has 0 aliphatic heterocycles. The highest BCUT2D eigenvalue weighted by Crippen LogP contribution is 2.29. The topological polar surface area (TPSA) is 48.1 Å². The fourth-order valence-electron chi connectivity index (χ4n) is 4.39. The first-order valence-electron chi connectivity index (χ1n) is 10.6. The number of H-pyrrole nitrogens is 1. The van der Waals surface area contributed by atoms with Crippen LogP contribution < -0.4 is 5.32 Å². The SMILES string of the molecule is O=C(c1cc2ccccc2[nH]1)N(CC(F)(F)F)[C@H]1CCCC(NCc2ccccc2)C1. The monoisotopic (exact) mass is 429 g/mol. The van der Waals surface area contributed by atoms with E-state index >= 15 is 0 Å². The Balaban J connectivity index is 1.50. The average molecular weight is 429 g/mol. The summed E-state index contributed by atoms with van der Waals surface area (Å²) in [7, 11) is 0. The molecule has 1 heterocycles. The number of amides is 1. The van der Waals surface area contributed by atoms with Gasteiger partial charge in [-0.3, -0.25) is 4.79 Å². The minimum Gasteiger partial charge on any atom is -0.351 e. The van der Waals surface area contributed by atoms with Crippen LogP contribution in [0.2, 0.25) is 0 Å². The molecule has 1 amide bonds. The number of benzene rings is 2. The predicted octanol–water partition coefficient (Wildman–Crippen LogP) is 5.27. The van der Waals surface area contributed by atoms with Crippen LogP contribution in [0.3, 0.4) is 0 Å². The van der Waals surface area contributed by atoms with Crippen LogP contribution in [0.5, 0.6) is 0 Å². The zero-order chi connectivity index (χ0) is 21.8. The molecule has 1 fully saturated rings. The highest BCUT2D eigenvalue weighted by Gasteiger charge is 2.39. The molecule has 2 atom stereocenters. The number of fused-ring (bicyclic) bond motifs is 1. The standard InChI is InChI=1S/C24H26F3N3O/c25-24(26,27)16-30(23(31)22-13-18-9-4-5-12-21(18)29-22)20-11-6-10-19(14-20)28-15-17-7-2-1-3-8-17/h1-5,7-9,12-13,19-20,28-29H,6,10-11,14-16H2/t19?,20-/m0/s1. The summed E-state index contributed by atoms with van der Waals surface area (Å²) in [6, 6.07) is 18.5. The zero-order valence-corrected chi connectivity index (χ0v) is 17.2. The largest absolute Gasteiger partial charge is 0.406 e. The molecule has 0 spiro atoms. The zero-order valence-electron chi connectivity index (χ0n) is 17.2. The summed E-state index contributed by atoms with van der Waals surface area (Å²) < 4.78 is 40.2. The summed E-state index contributed by atoms with van der Waals surface area (Å²) in [4.78, 5) is 17.2. The highest BCUT2D eigenvalue weighted by atomic mass is 19.4. The second-order valence-electron chi connectivity index (χ2n) is 8.20. The Morgan fingerprint density at radius 2 is 1.81 bits per heavy atom. The normalized spacial score (nSPS) is 19.5. The van der Waals surface area contributed by atoms with E-state index in [1.54, 1.807) is 6.07 Å². The molecule has 164 valence electrons. The fourth-order valence-corrected chi connectivity index (χ4v) is 4.39. The summed E-state index contributed by atoms with van der Waals surface area (Å²) >= 11 is 0. The Kier molecular flexibility index (Phi) is 6.32. The number of nitrogens with one attached hydrogen (secondary N) is 2. The molecule has 7 heteroatoms. The van der Waals surface area contributed by atoms with E-state index in [-0.39, 0.29) is 11.7 Å². The fraction of sp³-hybridized carbons (Fsp3) is 0.375. The summed E-state index contributed by atoms with van der Waals surface area (Å²) in [6.45, 7) is -0.579. The number of hydrogen-bond donors (Lipinski definition) is 2. The molecule has 0 saturated heterocycles. The van der Waals surface area contributed by atoms with Crippen molar-refractivity contribution in [1.29, 1.82) is 0 Å². The number of nitrogens with zero attached hydrogens (tertiary/aromatic N) is 1. The number of para-hydroxylation sites is 1. The number of hydrogen-bond acceptors (Lipinski definition) is 2. The van der Waals surface area contributed by atoms with Gasteiger partial charge in [0, 0.05) is 29.5 Å². The van der Waals surface area contributed by atoms with Crippen molar-refractivity contribution in [2.75, 3.05) is 6.54 Å². The van der Waals surface area contributed by atoms with Crippen molar-refractivity contribution in [3.05, 3.63) is 71.9 Å². The molecule has 1 aliphatic rings. The molecule has 0 bridgehead atoms. The van der Waals surface area contributed by atoms with E-state index in [0.717, 1.165) is 34.2 Å². The minimum atomic E-state index is -4.45. The maximum Gasteiger partial charge on any atom is 0.406 e. The number of aromatic nitrogens is 1. The molecule has 2 N–H and O–H groups in total. The highest BCUT2D eigenvalue weighted by molar-refractivity contribution is 5.98. The van der Waals surface area contributed by atoms with E-state index in [9.17, 15) is 18.0 Å². The summed E-state index contributed by atoms with van der Waals surface area (Å²) in [5, 5.41) is 4.27. The lowest BCUT2D eigenvalue weighted by atomic mass is 9.89. The summed E-state index contributed by atoms with van der Waals surface area (Å²) in [6.07, 6.45) is -1.69.